The zero-order valence-corrected chi connectivity index (χ0v) is 13.4. The van der Waals surface area contributed by atoms with E-state index in [1.165, 1.54) is 0 Å². The van der Waals surface area contributed by atoms with Gasteiger partial charge in [0, 0.05) is 5.54 Å². The molecule has 0 unspecified atom stereocenters. The van der Waals surface area contributed by atoms with Crippen molar-refractivity contribution < 1.29 is 4.39 Å². The molecular formula is C16H25ClFN. The van der Waals surface area contributed by atoms with Crippen molar-refractivity contribution >= 4 is 11.6 Å². The van der Waals surface area contributed by atoms with E-state index in [1.54, 1.807) is 6.07 Å². The van der Waals surface area contributed by atoms with E-state index in [9.17, 15) is 4.39 Å². The first-order chi connectivity index (χ1) is 8.76. The fraction of sp³-hybridized carbons (Fsp3) is 0.625. The van der Waals surface area contributed by atoms with E-state index in [4.69, 9.17) is 11.6 Å². The minimum atomic E-state index is -0.268. The summed E-state index contributed by atoms with van der Waals surface area (Å²) in [5.74, 6) is -0.109. The van der Waals surface area contributed by atoms with Gasteiger partial charge in [-0.05, 0) is 63.3 Å². The molecule has 1 aromatic rings. The lowest BCUT2D eigenvalue weighted by molar-refractivity contribution is 0.382. The summed E-state index contributed by atoms with van der Waals surface area (Å²) in [6.07, 6.45) is 3.08. The van der Waals surface area contributed by atoms with Gasteiger partial charge in [-0.25, -0.2) is 4.39 Å². The van der Waals surface area contributed by atoms with E-state index in [1.807, 2.05) is 27.0 Å². The normalized spacial score (nSPS) is 12.2. The average molecular weight is 286 g/mol. The fourth-order valence-electron chi connectivity index (χ4n) is 2.09. The summed E-state index contributed by atoms with van der Waals surface area (Å²) < 4.78 is 13.9. The maximum atomic E-state index is 13.9. The monoisotopic (exact) mass is 285 g/mol. The molecule has 0 amide bonds. The van der Waals surface area contributed by atoms with Gasteiger partial charge in [-0.3, -0.25) is 0 Å². The van der Waals surface area contributed by atoms with E-state index in [-0.39, 0.29) is 22.3 Å². The molecule has 1 aromatic carbocycles. The molecule has 0 spiro atoms. The van der Waals surface area contributed by atoms with Gasteiger partial charge in [0.2, 0.25) is 0 Å². The third-order valence-electron chi connectivity index (χ3n) is 3.68. The van der Waals surface area contributed by atoms with Crippen molar-refractivity contribution in [2.45, 2.75) is 58.4 Å². The Bertz CT molecular complexity index is 427. The van der Waals surface area contributed by atoms with Gasteiger partial charge in [0.1, 0.15) is 5.82 Å². The Labute approximate surface area is 121 Å². The lowest BCUT2D eigenvalue weighted by atomic mass is 9.94. The van der Waals surface area contributed by atoms with Gasteiger partial charge < -0.3 is 5.32 Å². The van der Waals surface area contributed by atoms with Crippen LogP contribution >= 0.6 is 11.6 Å². The van der Waals surface area contributed by atoms with Crippen LogP contribution < -0.4 is 5.32 Å². The minimum absolute atomic E-state index is 0.144. The molecule has 0 aliphatic rings. The van der Waals surface area contributed by atoms with Gasteiger partial charge in [-0.15, -0.1) is 0 Å². The first-order valence-corrected chi connectivity index (χ1v) is 7.31. The van der Waals surface area contributed by atoms with Gasteiger partial charge in [0.05, 0.1) is 5.02 Å². The molecule has 0 aliphatic carbocycles. The molecule has 0 aromatic heterocycles. The van der Waals surface area contributed by atoms with Crippen LogP contribution in [0.1, 0.15) is 57.6 Å². The predicted octanol–water partition coefficient (Wildman–Crippen LogP) is 4.92. The van der Waals surface area contributed by atoms with E-state index < -0.39 is 0 Å². The summed E-state index contributed by atoms with van der Waals surface area (Å²) in [5.41, 5.74) is 1.99. The van der Waals surface area contributed by atoms with Crippen LogP contribution in [-0.4, -0.2) is 12.6 Å². The SMILES string of the molecule is CNC(C)(C)CCCc1cc(Cl)c(F)c(C(C)C)c1. The first kappa shape index (κ1) is 16.5. The smallest absolute Gasteiger partial charge is 0.145 e. The molecule has 1 nitrogen and oxygen atoms in total. The molecule has 0 atom stereocenters. The highest BCUT2D eigenvalue weighted by Gasteiger charge is 2.15. The summed E-state index contributed by atoms with van der Waals surface area (Å²) in [4.78, 5) is 0. The number of hydrogen-bond acceptors (Lipinski definition) is 1. The van der Waals surface area contributed by atoms with E-state index in [2.05, 4.69) is 19.2 Å². The van der Waals surface area contributed by atoms with Crippen LogP contribution in [0.15, 0.2) is 12.1 Å². The number of benzene rings is 1. The summed E-state index contributed by atoms with van der Waals surface area (Å²) in [6, 6.07) is 3.72. The van der Waals surface area contributed by atoms with Crippen molar-refractivity contribution in [3.8, 4) is 0 Å². The van der Waals surface area contributed by atoms with Crippen molar-refractivity contribution in [2.75, 3.05) is 7.05 Å². The number of halogens is 2. The van der Waals surface area contributed by atoms with E-state index >= 15 is 0 Å². The Balaban J connectivity index is 2.75. The summed E-state index contributed by atoms with van der Waals surface area (Å²) in [6.45, 7) is 8.35. The number of hydrogen-bond donors (Lipinski definition) is 1. The molecule has 19 heavy (non-hydrogen) atoms. The quantitative estimate of drug-likeness (QED) is 0.782. The molecule has 0 radical (unpaired) electrons. The van der Waals surface area contributed by atoms with Crippen molar-refractivity contribution in [1.29, 1.82) is 0 Å². The molecule has 1 N–H and O–H groups in total. The molecule has 0 heterocycles. The maximum Gasteiger partial charge on any atom is 0.145 e. The van der Waals surface area contributed by atoms with Crippen LogP contribution in [0.4, 0.5) is 4.39 Å². The minimum Gasteiger partial charge on any atom is -0.315 e. The molecule has 0 saturated heterocycles. The van der Waals surface area contributed by atoms with Crippen molar-refractivity contribution in [2.24, 2.45) is 0 Å². The Kier molecular flexibility index (Phi) is 5.82. The van der Waals surface area contributed by atoms with Crippen molar-refractivity contribution in [3.05, 3.63) is 34.1 Å². The molecular weight excluding hydrogens is 261 g/mol. The van der Waals surface area contributed by atoms with Crippen molar-refractivity contribution in [3.63, 3.8) is 0 Å². The lowest BCUT2D eigenvalue weighted by Crippen LogP contribution is -2.35. The van der Waals surface area contributed by atoms with Gasteiger partial charge in [-0.1, -0.05) is 31.5 Å². The van der Waals surface area contributed by atoms with Gasteiger partial charge >= 0.3 is 0 Å². The second-order valence-corrected chi connectivity index (χ2v) is 6.53. The predicted molar refractivity (Wildman–Crippen MR) is 81.6 cm³/mol. The standard InChI is InChI=1S/C16H25ClFN/c1-11(2)13-9-12(10-14(17)15(13)18)7-6-8-16(3,4)19-5/h9-11,19H,6-8H2,1-5H3. The average Bonchev–Trinajstić information content (AvgIpc) is 2.33. The van der Waals surface area contributed by atoms with Gasteiger partial charge in [0.25, 0.3) is 0 Å². The highest BCUT2D eigenvalue weighted by atomic mass is 35.5. The molecule has 1 rings (SSSR count). The van der Waals surface area contributed by atoms with E-state index in [0.29, 0.717) is 0 Å². The van der Waals surface area contributed by atoms with Crippen LogP contribution in [0.3, 0.4) is 0 Å². The Hall–Kier alpha value is -0.600. The third kappa shape index (κ3) is 4.77. The highest BCUT2D eigenvalue weighted by molar-refractivity contribution is 6.30. The maximum absolute atomic E-state index is 13.9. The number of rotatable bonds is 6. The van der Waals surface area contributed by atoms with Crippen LogP contribution in [0, 0.1) is 5.82 Å². The largest absolute Gasteiger partial charge is 0.315 e. The Morgan fingerprint density at radius 2 is 1.95 bits per heavy atom. The van der Waals surface area contributed by atoms with Gasteiger partial charge in [-0.2, -0.15) is 0 Å². The molecule has 0 bridgehead atoms. The highest BCUT2D eigenvalue weighted by Crippen LogP contribution is 2.27. The third-order valence-corrected chi connectivity index (χ3v) is 3.96. The van der Waals surface area contributed by atoms with Crippen LogP contribution in [0.2, 0.25) is 5.02 Å². The number of aryl methyl sites for hydroxylation is 1. The zero-order chi connectivity index (χ0) is 14.6. The van der Waals surface area contributed by atoms with Crippen LogP contribution in [-0.2, 0) is 6.42 Å². The number of nitrogens with one attached hydrogen (secondary N) is 1. The van der Waals surface area contributed by atoms with Crippen molar-refractivity contribution in [1.82, 2.24) is 5.32 Å². The molecule has 3 heteroatoms. The summed E-state index contributed by atoms with van der Waals surface area (Å²) in [7, 11) is 1.98. The molecule has 0 aliphatic heterocycles. The Morgan fingerprint density at radius 3 is 2.47 bits per heavy atom. The van der Waals surface area contributed by atoms with Crippen LogP contribution in [0.5, 0.6) is 0 Å². The van der Waals surface area contributed by atoms with Crippen LogP contribution in [0.25, 0.3) is 0 Å². The lowest BCUT2D eigenvalue weighted by Gasteiger charge is -2.23. The van der Waals surface area contributed by atoms with Gasteiger partial charge in [0.15, 0.2) is 0 Å². The van der Waals surface area contributed by atoms with E-state index in [0.717, 1.165) is 30.4 Å². The Morgan fingerprint density at radius 1 is 1.32 bits per heavy atom. The molecule has 0 fully saturated rings. The second kappa shape index (κ2) is 6.71. The fourth-order valence-corrected chi connectivity index (χ4v) is 2.34. The second-order valence-electron chi connectivity index (χ2n) is 6.12. The summed E-state index contributed by atoms with van der Waals surface area (Å²) in [5, 5.41) is 3.54. The summed E-state index contributed by atoms with van der Waals surface area (Å²) >= 11 is 5.97. The zero-order valence-electron chi connectivity index (χ0n) is 12.6. The molecule has 0 saturated carbocycles. The first-order valence-electron chi connectivity index (χ1n) is 6.93. The molecule has 108 valence electrons. The topological polar surface area (TPSA) is 12.0 Å².